The van der Waals surface area contributed by atoms with Crippen LogP contribution in [0.1, 0.15) is 66.5 Å². The van der Waals surface area contributed by atoms with Gasteiger partial charge in [-0.3, -0.25) is 4.79 Å². The Labute approximate surface area is 233 Å². The number of urea groups is 1. The summed E-state index contributed by atoms with van der Waals surface area (Å²) in [5.74, 6) is 2.10. The number of carbonyl (C=O) groups excluding carboxylic acids is 2. The van der Waals surface area contributed by atoms with E-state index in [1.807, 2.05) is 12.1 Å². The van der Waals surface area contributed by atoms with Crippen molar-refractivity contribution in [2.45, 2.75) is 64.1 Å². The van der Waals surface area contributed by atoms with E-state index in [0.29, 0.717) is 35.4 Å². The number of rotatable bonds is 10. The summed E-state index contributed by atoms with van der Waals surface area (Å²) in [5, 5.41) is 11.4. The van der Waals surface area contributed by atoms with Crippen LogP contribution in [0.4, 0.5) is 10.5 Å². The highest BCUT2D eigenvalue weighted by Crippen LogP contribution is 2.29. The van der Waals surface area contributed by atoms with Gasteiger partial charge < -0.3 is 30.2 Å². The van der Waals surface area contributed by atoms with Crippen LogP contribution in [-0.4, -0.2) is 43.2 Å². The van der Waals surface area contributed by atoms with E-state index in [0.717, 1.165) is 36.4 Å². The van der Waals surface area contributed by atoms with Gasteiger partial charge in [-0.2, -0.15) is 0 Å². The molecule has 1 aliphatic carbocycles. The fourth-order valence-corrected chi connectivity index (χ4v) is 5.21. The van der Waals surface area contributed by atoms with Crippen molar-refractivity contribution in [2.75, 3.05) is 19.5 Å². The number of aromatic nitrogens is 1. The quantitative estimate of drug-likeness (QED) is 0.296. The minimum Gasteiger partial charge on any atom is -0.497 e. The van der Waals surface area contributed by atoms with Crippen molar-refractivity contribution in [1.82, 2.24) is 15.6 Å². The largest absolute Gasteiger partial charge is 0.497 e. The number of ether oxygens (including phenoxy) is 3. The molecule has 3 amide bonds. The number of amides is 3. The summed E-state index contributed by atoms with van der Waals surface area (Å²) in [5.41, 5.74) is 2.13. The molecule has 9 nitrogen and oxygen atoms in total. The smallest absolute Gasteiger partial charge is 0.319 e. The Hall–Kier alpha value is -3.79. The Balaban J connectivity index is 1.31. The number of nitrogens with one attached hydrogen (secondary N) is 3. The van der Waals surface area contributed by atoms with E-state index in [1.165, 1.54) is 24.0 Å². The third kappa shape index (κ3) is 7.63. The molecular formula is C29H36N4O5S. The lowest BCUT2D eigenvalue weighted by Gasteiger charge is -2.32. The van der Waals surface area contributed by atoms with Crippen LogP contribution >= 0.6 is 11.3 Å². The third-order valence-corrected chi connectivity index (χ3v) is 7.57. The second-order valence-corrected chi connectivity index (χ2v) is 10.7. The van der Waals surface area contributed by atoms with Crippen molar-refractivity contribution in [3.8, 4) is 17.2 Å². The Bertz CT molecular complexity index is 1260. The number of carbonyl (C=O) groups is 2. The van der Waals surface area contributed by atoms with Crippen molar-refractivity contribution in [1.29, 1.82) is 0 Å². The highest BCUT2D eigenvalue weighted by atomic mass is 32.1. The first-order valence-electron chi connectivity index (χ1n) is 13.1. The molecule has 0 unspecified atom stereocenters. The van der Waals surface area contributed by atoms with Crippen LogP contribution in [0.15, 0.2) is 47.8 Å². The van der Waals surface area contributed by atoms with Gasteiger partial charge in [0, 0.05) is 17.5 Å². The lowest BCUT2D eigenvalue weighted by molar-refractivity contribution is 0.0911. The topological polar surface area (TPSA) is 111 Å². The fourth-order valence-electron chi connectivity index (χ4n) is 4.52. The molecule has 4 rings (SSSR count). The maximum atomic E-state index is 13.0. The molecule has 0 radical (unpaired) electrons. The number of hydrogen-bond acceptors (Lipinski definition) is 7. The van der Waals surface area contributed by atoms with Gasteiger partial charge in [0.2, 0.25) is 0 Å². The predicted octanol–water partition coefficient (Wildman–Crippen LogP) is 5.73. The lowest BCUT2D eigenvalue weighted by atomic mass is 9.90. The molecule has 208 valence electrons. The normalized spacial score (nSPS) is 16.8. The Morgan fingerprint density at radius 2 is 1.67 bits per heavy atom. The van der Waals surface area contributed by atoms with Crippen molar-refractivity contribution >= 4 is 29.0 Å². The lowest BCUT2D eigenvalue weighted by Crippen LogP contribution is -2.54. The summed E-state index contributed by atoms with van der Waals surface area (Å²) in [6.45, 7) is 4.60. The molecule has 1 aromatic heterocycles. The van der Waals surface area contributed by atoms with Crippen molar-refractivity contribution in [3.05, 3.63) is 64.1 Å². The Kier molecular flexibility index (Phi) is 9.64. The highest BCUT2D eigenvalue weighted by Gasteiger charge is 2.29. The predicted molar refractivity (Wildman–Crippen MR) is 152 cm³/mol. The van der Waals surface area contributed by atoms with E-state index in [4.69, 9.17) is 14.2 Å². The molecule has 1 fully saturated rings. The number of thiazole rings is 1. The second kappa shape index (κ2) is 13.3. The number of nitrogens with zero attached hydrogens (tertiary/aromatic N) is 1. The van der Waals surface area contributed by atoms with Gasteiger partial charge >= 0.3 is 6.03 Å². The minimum absolute atomic E-state index is 0.198. The number of benzene rings is 2. The van der Waals surface area contributed by atoms with Crippen LogP contribution in [0, 0.1) is 0 Å². The van der Waals surface area contributed by atoms with Crippen molar-refractivity contribution in [2.24, 2.45) is 0 Å². The van der Waals surface area contributed by atoms with Gasteiger partial charge in [0.1, 0.15) is 34.6 Å². The van der Waals surface area contributed by atoms with E-state index in [-0.39, 0.29) is 24.0 Å². The van der Waals surface area contributed by atoms with E-state index in [9.17, 15) is 9.59 Å². The van der Waals surface area contributed by atoms with Crippen molar-refractivity contribution < 1.29 is 23.8 Å². The van der Waals surface area contributed by atoms with Gasteiger partial charge in [0.05, 0.1) is 25.9 Å². The molecule has 2 aromatic carbocycles. The molecule has 2 atom stereocenters. The number of methoxy groups -OCH3 is 2. The standard InChI is InChI=1S/C29H36N4O5S/c1-18(2)19-9-11-20(12-10-19)38-16-27-30-25(17-39-27)28(34)31-22-7-5-6-8-23(22)32-29(35)33-24-14-13-21(36-3)15-26(24)37-4/h9-15,17-18,22-23H,5-8,16H2,1-4H3,(H,31,34)(H2,32,33,35)/t22-,23-/m0/s1. The zero-order valence-electron chi connectivity index (χ0n) is 22.8. The highest BCUT2D eigenvalue weighted by molar-refractivity contribution is 7.09. The SMILES string of the molecule is COc1ccc(NC(=O)N[C@H]2CCCC[C@@H]2NC(=O)c2csc(COc3ccc(C(C)C)cc3)n2)c(OC)c1. The molecule has 39 heavy (non-hydrogen) atoms. The Morgan fingerprint density at radius 3 is 2.33 bits per heavy atom. The van der Waals surface area contributed by atoms with Gasteiger partial charge in [-0.05, 0) is 48.6 Å². The fraction of sp³-hybridized carbons (Fsp3) is 0.414. The zero-order chi connectivity index (χ0) is 27.8. The molecule has 3 N–H and O–H groups in total. The van der Waals surface area contributed by atoms with E-state index >= 15 is 0 Å². The van der Waals surface area contributed by atoms with Gasteiger partial charge in [-0.1, -0.05) is 38.8 Å². The second-order valence-electron chi connectivity index (χ2n) is 9.77. The van der Waals surface area contributed by atoms with Gasteiger partial charge in [-0.15, -0.1) is 11.3 Å². The molecule has 0 spiro atoms. The summed E-state index contributed by atoms with van der Waals surface area (Å²) in [6, 6.07) is 12.4. The summed E-state index contributed by atoms with van der Waals surface area (Å²) in [6.07, 6.45) is 3.49. The van der Waals surface area contributed by atoms with Crippen LogP contribution in [0.5, 0.6) is 17.2 Å². The average molecular weight is 553 g/mol. The monoisotopic (exact) mass is 552 g/mol. The van der Waals surface area contributed by atoms with E-state index < -0.39 is 0 Å². The van der Waals surface area contributed by atoms with Gasteiger partial charge in [0.15, 0.2) is 0 Å². The molecule has 3 aromatic rings. The summed E-state index contributed by atoms with van der Waals surface area (Å²) >= 11 is 1.39. The van der Waals surface area contributed by atoms with Crippen LogP contribution in [0.3, 0.4) is 0 Å². The van der Waals surface area contributed by atoms with Crippen LogP contribution in [0.2, 0.25) is 0 Å². The van der Waals surface area contributed by atoms with E-state index in [2.05, 4.69) is 46.9 Å². The van der Waals surface area contributed by atoms with E-state index in [1.54, 1.807) is 30.7 Å². The molecule has 0 aliphatic heterocycles. The van der Waals surface area contributed by atoms with Gasteiger partial charge in [-0.25, -0.2) is 9.78 Å². The summed E-state index contributed by atoms with van der Waals surface area (Å²) in [4.78, 5) is 30.3. The zero-order valence-corrected chi connectivity index (χ0v) is 23.6. The first kappa shape index (κ1) is 28.2. The summed E-state index contributed by atoms with van der Waals surface area (Å²) < 4.78 is 16.4. The molecule has 1 heterocycles. The Morgan fingerprint density at radius 1 is 0.974 bits per heavy atom. The first-order chi connectivity index (χ1) is 18.9. The van der Waals surface area contributed by atoms with Crippen LogP contribution in [0.25, 0.3) is 0 Å². The maximum Gasteiger partial charge on any atom is 0.319 e. The van der Waals surface area contributed by atoms with Crippen molar-refractivity contribution in [3.63, 3.8) is 0 Å². The molecule has 0 saturated heterocycles. The molecular weight excluding hydrogens is 516 g/mol. The van der Waals surface area contributed by atoms with Crippen LogP contribution in [-0.2, 0) is 6.61 Å². The van der Waals surface area contributed by atoms with Crippen LogP contribution < -0.4 is 30.2 Å². The minimum atomic E-state index is -0.362. The first-order valence-corrected chi connectivity index (χ1v) is 14.0. The molecule has 1 aliphatic rings. The number of anilines is 1. The molecule has 1 saturated carbocycles. The van der Waals surface area contributed by atoms with Gasteiger partial charge in [0.25, 0.3) is 5.91 Å². The average Bonchev–Trinajstić information content (AvgIpc) is 3.43. The summed E-state index contributed by atoms with van der Waals surface area (Å²) in [7, 11) is 3.10. The number of hydrogen-bond donors (Lipinski definition) is 3. The molecule has 10 heteroatoms. The third-order valence-electron chi connectivity index (χ3n) is 6.75. The molecule has 0 bridgehead atoms. The maximum absolute atomic E-state index is 13.0.